The van der Waals surface area contributed by atoms with E-state index in [1.165, 1.54) is 23.3 Å². The Bertz CT molecular complexity index is 938. The quantitative estimate of drug-likeness (QED) is 0.551. The fraction of sp³-hybridized carbons (Fsp3) is 0.400. The van der Waals surface area contributed by atoms with E-state index >= 15 is 0 Å². The van der Waals surface area contributed by atoms with Gasteiger partial charge in [0.1, 0.15) is 16.4 Å². The minimum atomic E-state index is 0.327. The van der Waals surface area contributed by atoms with E-state index in [1.807, 2.05) is 12.1 Å². The van der Waals surface area contributed by atoms with Crippen LogP contribution in [0.15, 0.2) is 24.3 Å². The molecule has 1 atom stereocenters. The van der Waals surface area contributed by atoms with Gasteiger partial charge in [-0.25, -0.2) is 4.98 Å². The van der Waals surface area contributed by atoms with Crippen LogP contribution in [-0.4, -0.2) is 30.2 Å². The molecule has 0 amide bonds. The maximum Gasteiger partial charge on any atom is 0.225 e. The first-order valence-electron chi connectivity index (χ1n) is 8.93. The van der Waals surface area contributed by atoms with Crippen molar-refractivity contribution in [3.63, 3.8) is 0 Å². The van der Waals surface area contributed by atoms with Crippen LogP contribution in [0.2, 0.25) is 5.28 Å². The minimum absolute atomic E-state index is 0.327. The highest BCUT2D eigenvalue weighted by Crippen LogP contribution is 2.43. The zero-order chi connectivity index (χ0) is 18.3. The molecule has 0 bridgehead atoms. The Morgan fingerprint density at radius 2 is 2.00 bits per heavy atom. The van der Waals surface area contributed by atoms with Crippen molar-refractivity contribution in [2.45, 2.75) is 26.7 Å². The topological polar surface area (TPSA) is 38.3 Å². The van der Waals surface area contributed by atoms with Gasteiger partial charge < -0.3 is 9.64 Å². The second-order valence-electron chi connectivity index (χ2n) is 6.95. The van der Waals surface area contributed by atoms with Gasteiger partial charge in [0.2, 0.25) is 5.28 Å². The Morgan fingerprint density at radius 3 is 2.69 bits per heavy atom. The first kappa shape index (κ1) is 17.6. The molecule has 6 heteroatoms. The summed E-state index contributed by atoms with van der Waals surface area (Å²) in [6.45, 7) is 6.47. The highest BCUT2D eigenvalue weighted by Gasteiger charge is 2.24. The molecule has 1 aromatic carbocycles. The maximum atomic E-state index is 6.27. The summed E-state index contributed by atoms with van der Waals surface area (Å²) in [4.78, 5) is 13.7. The Morgan fingerprint density at radius 1 is 1.23 bits per heavy atom. The third-order valence-corrected chi connectivity index (χ3v) is 6.18. The van der Waals surface area contributed by atoms with Crippen molar-refractivity contribution in [2.24, 2.45) is 5.92 Å². The lowest BCUT2D eigenvalue weighted by Crippen LogP contribution is -2.35. The van der Waals surface area contributed by atoms with Crippen LogP contribution in [0.4, 0.5) is 5.82 Å². The van der Waals surface area contributed by atoms with Crippen molar-refractivity contribution >= 4 is 39.0 Å². The van der Waals surface area contributed by atoms with Crippen LogP contribution in [0.3, 0.4) is 0 Å². The van der Waals surface area contributed by atoms with Crippen molar-refractivity contribution in [3.05, 3.63) is 34.4 Å². The normalized spacial score (nSPS) is 17.7. The van der Waals surface area contributed by atoms with E-state index in [9.17, 15) is 0 Å². The number of nitrogens with zero attached hydrogens (tertiary/aromatic N) is 3. The lowest BCUT2D eigenvalue weighted by molar-refractivity contribution is 0.415. The lowest BCUT2D eigenvalue weighted by atomic mass is 9.99. The third kappa shape index (κ3) is 3.14. The molecule has 2 aromatic heterocycles. The largest absolute Gasteiger partial charge is 0.497 e. The number of fused-ring (bicyclic) bond motifs is 1. The van der Waals surface area contributed by atoms with Gasteiger partial charge in [-0.15, -0.1) is 11.3 Å². The van der Waals surface area contributed by atoms with Gasteiger partial charge in [0.15, 0.2) is 0 Å². The van der Waals surface area contributed by atoms with E-state index in [0.717, 1.165) is 40.4 Å². The number of halogens is 1. The van der Waals surface area contributed by atoms with Crippen molar-refractivity contribution in [3.8, 4) is 16.9 Å². The van der Waals surface area contributed by atoms with E-state index in [0.29, 0.717) is 11.2 Å². The Balaban J connectivity index is 1.91. The van der Waals surface area contributed by atoms with Gasteiger partial charge >= 0.3 is 0 Å². The molecule has 0 radical (unpaired) electrons. The average molecular weight is 388 g/mol. The molecule has 4 rings (SSSR count). The van der Waals surface area contributed by atoms with Crippen LogP contribution >= 0.6 is 22.9 Å². The highest BCUT2D eigenvalue weighted by atomic mass is 35.5. The monoisotopic (exact) mass is 387 g/mol. The molecule has 3 heterocycles. The van der Waals surface area contributed by atoms with E-state index in [-0.39, 0.29) is 0 Å². The van der Waals surface area contributed by atoms with Gasteiger partial charge in [-0.1, -0.05) is 19.1 Å². The van der Waals surface area contributed by atoms with Gasteiger partial charge in [-0.2, -0.15) is 4.98 Å². The summed E-state index contributed by atoms with van der Waals surface area (Å²) in [5, 5.41) is 1.45. The molecular weight excluding hydrogens is 366 g/mol. The summed E-state index contributed by atoms with van der Waals surface area (Å²) in [5.41, 5.74) is 2.37. The molecule has 1 aliphatic heterocycles. The maximum absolute atomic E-state index is 6.27. The highest BCUT2D eigenvalue weighted by molar-refractivity contribution is 7.19. The lowest BCUT2D eigenvalue weighted by Gasteiger charge is -2.32. The molecule has 26 heavy (non-hydrogen) atoms. The number of hydrogen-bond donors (Lipinski definition) is 0. The number of anilines is 1. The van der Waals surface area contributed by atoms with Crippen molar-refractivity contribution in [2.75, 3.05) is 25.1 Å². The predicted molar refractivity (Wildman–Crippen MR) is 110 cm³/mol. The zero-order valence-corrected chi connectivity index (χ0v) is 16.8. The second kappa shape index (κ2) is 7.05. The number of piperidine rings is 1. The van der Waals surface area contributed by atoms with Gasteiger partial charge in [0, 0.05) is 23.5 Å². The molecule has 3 aromatic rings. The van der Waals surface area contributed by atoms with Crippen LogP contribution in [0.1, 0.15) is 24.6 Å². The smallest absolute Gasteiger partial charge is 0.225 e. The first-order chi connectivity index (χ1) is 12.6. The molecule has 0 saturated carbocycles. The van der Waals surface area contributed by atoms with E-state index < -0.39 is 0 Å². The fourth-order valence-electron chi connectivity index (χ4n) is 3.78. The van der Waals surface area contributed by atoms with Crippen LogP contribution in [0.5, 0.6) is 5.75 Å². The molecule has 1 unspecified atom stereocenters. The molecule has 1 saturated heterocycles. The number of benzene rings is 1. The van der Waals surface area contributed by atoms with E-state index in [4.69, 9.17) is 16.3 Å². The van der Waals surface area contributed by atoms with Gasteiger partial charge in [0.05, 0.1) is 12.5 Å². The third-order valence-electron chi connectivity index (χ3n) is 5.02. The standard InChI is InChI=1S/C20H22ClN3OS/c1-12-5-4-10-24(11-12)18-17-16(14-6-8-15(25-3)9-7-14)13(2)26-19(17)23-20(21)22-18/h6-9,12H,4-5,10-11H2,1-3H3. The van der Waals surface area contributed by atoms with Gasteiger partial charge in [0.25, 0.3) is 0 Å². The minimum Gasteiger partial charge on any atom is -0.497 e. The van der Waals surface area contributed by atoms with Crippen molar-refractivity contribution < 1.29 is 4.74 Å². The molecular formula is C20H22ClN3OS. The number of rotatable bonds is 3. The summed E-state index contributed by atoms with van der Waals surface area (Å²) < 4.78 is 5.30. The van der Waals surface area contributed by atoms with Crippen molar-refractivity contribution in [1.82, 2.24) is 9.97 Å². The molecule has 1 aliphatic rings. The van der Waals surface area contributed by atoms with Gasteiger partial charge in [-0.3, -0.25) is 0 Å². The van der Waals surface area contributed by atoms with Crippen molar-refractivity contribution in [1.29, 1.82) is 0 Å². The number of aryl methyl sites for hydroxylation is 1. The Kier molecular flexibility index (Phi) is 4.76. The Labute approximate surface area is 162 Å². The summed E-state index contributed by atoms with van der Waals surface area (Å²) in [7, 11) is 1.69. The summed E-state index contributed by atoms with van der Waals surface area (Å²) in [6, 6.07) is 8.20. The molecule has 4 nitrogen and oxygen atoms in total. The van der Waals surface area contributed by atoms with Gasteiger partial charge in [-0.05, 0) is 55.0 Å². The molecule has 0 aliphatic carbocycles. The van der Waals surface area contributed by atoms with E-state index in [2.05, 4.69) is 40.8 Å². The molecule has 136 valence electrons. The van der Waals surface area contributed by atoms with Crippen LogP contribution in [0, 0.1) is 12.8 Å². The Hall–Kier alpha value is -1.85. The average Bonchev–Trinajstić information content (AvgIpc) is 2.96. The molecule has 0 N–H and O–H groups in total. The van der Waals surface area contributed by atoms with Crippen LogP contribution in [0.25, 0.3) is 21.3 Å². The number of aromatic nitrogens is 2. The summed E-state index contributed by atoms with van der Waals surface area (Å²) in [6.07, 6.45) is 2.46. The number of ether oxygens (including phenoxy) is 1. The fourth-order valence-corrected chi connectivity index (χ4v) is 5.04. The molecule has 1 fully saturated rings. The number of methoxy groups -OCH3 is 1. The van der Waals surface area contributed by atoms with Crippen LogP contribution in [-0.2, 0) is 0 Å². The van der Waals surface area contributed by atoms with E-state index in [1.54, 1.807) is 18.4 Å². The number of hydrogen-bond acceptors (Lipinski definition) is 5. The van der Waals surface area contributed by atoms with Crippen LogP contribution < -0.4 is 9.64 Å². The predicted octanol–water partition coefficient (Wildman–Crippen LogP) is 5.57. The summed E-state index contributed by atoms with van der Waals surface area (Å²) in [5.74, 6) is 2.49. The summed E-state index contributed by atoms with van der Waals surface area (Å²) >= 11 is 7.95. The zero-order valence-electron chi connectivity index (χ0n) is 15.3. The second-order valence-corrected chi connectivity index (χ2v) is 8.49. The number of thiophene rings is 1. The SMILES string of the molecule is COc1ccc(-c2c(C)sc3nc(Cl)nc(N4CCCC(C)C4)c23)cc1. The first-order valence-corrected chi connectivity index (χ1v) is 10.1. The molecule has 0 spiro atoms.